The molecule has 0 radical (unpaired) electrons. The molecule has 27 heavy (non-hydrogen) atoms. The lowest BCUT2D eigenvalue weighted by atomic mass is 10.0. The van der Waals surface area contributed by atoms with Crippen molar-refractivity contribution < 1.29 is 19.1 Å². The lowest BCUT2D eigenvalue weighted by molar-refractivity contribution is 0.0697. The van der Waals surface area contributed by atoms with Gasteiger partial charge in [0.2, 0.25) is 0 Å². The number of carbonyl (C=O) groups excluding carboxylic acids is 2. The van der Waals surface area contributed by atoms with Gasteiger partial charge in [0.05, 0.1) is 14.2 Å². The van der Waals surface area contributed by atoms with E-state index in [1.165, 1.54) is 0 Å². The van der Waals surface area contributed by atoms with Gasteiger partial charge in [0.1, 0.15) is 11.5 Å². The molecule has 1 N–H and O–H groups in total. The Hall–Kier alpha value is -3.02. The second-order valence-electron chi connectivity index (χ2n) is 6.50. The number of methoxy groups -OCH3 is 2. The summed E-state index contributed by atoms with van der Waals surface area (Å²) < 4.78 is 10.3. The maximum Gasteiger partial charge on any atom is 0.253 e. The first kappa shape index (κ1) is 18.8. The largest absolute Gasteiger partial charge is 0.497 e. The van der Waals surface area contributed by atoms with Gasteiger partial charge >= 0.3 is 0 Å². The Labute approximate surface area is 159 Å². The molecule has 0 aromatic heterocycles. The summed E-state index contributed by atoms with van der Waals surface area (Å²) in [6.45, 7) is 1.22. The molecule has 2 aromatic rings. The van der Waals surface area contributed by atoms with Gasteiger partial charge in [0.25, 0.3) is 11.8 Å². The molecule has 1 heterocycles. The summed E-state index contributed by atoms with van der Waals surface area (Å²) in [6.07, 6.45) is 1.46. The number of rotatable bonds is 5. The van der Waals surface area contributed by atoms with Crippen molar-refractivity contribution in [2.75, 3.05) is 27.3 Å². The minimum absolute atomic E-state index is 0.00790. The lowest BCUT2D eigenvalue weighted by Crippen LogP contribution is -2.46. The van der Waals surface area contributed by atoms with Crippen LogP contribution in [0, 0.1) is 0 Å². The van der Waals surface area contributed by atoms with Crippen molar-refractivity contribution in [1.29, 1.82) is 0 Å². The van der Waals surface area contributed by atoms with Crippen LogP contribution in [0.5, 0.6) is 11.5 Å². The molecular formula is C21H24N2O4. The summed E-state index contributed by atoms with van der Waals surface area (Å²) in [5.41, 5.74) is 1.19. The van der Waals surface area contributed by atoms with Crippen LogP contribution in [-0.4, -0.2) is 50.1 Å². The maximum atomic E-state index is 12.7. The molecule has 2 amide bonds. The van der Waals surface area contributed by atoms with E-state index in [1.54, 1.807) is 50.6 Å². The third kappa shape index (κ3) is 4.58. The van der Waals surface area contributed by atoms with Crippen LogP contribution in [0.15, 0.2) is 48.5 Å². The van der Waals surface area contributed by atoms with Gasteiger partial charge in [-0.1, -0.05) is 12.1 Å². The quantitative estimate of drug-likeness (QED) is 0.881. The molecule has 3 rings (SSSR count). The van der Waals surface area contributed by atoms with Crippen LogP contribution in [0.2, 0.25) is 0 Å². The van der Waals surface area contributed by atoms with Crippen LogP contribution in [0.4, 0.5) is 0 Å². The molecule has 1 aliphatic rings. The third-order valence-electron chi connectivity index (χ3n) is 4.77. The van der Waals surface area contributed by atoms with E-state index in [9.17, 15) is 9.59 Å². The Morgan fingerprint density at radius 1 is 0.926 bits per heavy atom. The molecule has 0 aliphatic carbocycles. The molecule has 1 saturated heterocycles. The van der Waals surface area contributed by atoms with Crippen LogP contribution in [0.1, 0.15) is 33.6 Å². The Bertz CT molecular complexity index is 813. The molecule has 0 bridgehead atoms. The van der Waals surface area contributed by atoms with Crippen molar-refractivity contribution in [2.24, 2.45) is 0 Å². The Morgan fingerprint density at radius 3 is 2.07 bits per heavy atom. The first-order chi connectivity index (χ1) is 13.1. The van der Waals surface area contributed by atoms with E-state index >= 15 is 0 Å². The van der Waals surface area contributed by atoms with Crippen molar-refractivity contribution in [3.63, 3.8) is 0 Å². The van der Waals surface area contributed by atoms with Gasteiger partial charge < -0.3 is 19.7 Å². The number of hydrogen-bond donors (Lipinski definition) is 1. The Balaban J connectivity index is 1.55. The second-order valence-corrected chi connectivity index (χ2v) is 6.50. The highest BCUT2D eigenvalue weighted by molar-refractivity contribution is 5.95. The van der Waals surface area contributed by atoms with Crippen LogP contribution >= 0.6 is 0 Å². The van der Waals surface area contributed by atoms with Crippen molar-refractivity contribution in [3.05, 3.63) is 59.7 Å². The van der Waals surface area contributed by atoms with Gasteiger partial charge in [0, 0.05) is 30.3 Å². The van der Waals surface area contributed by atoms with Crippen LogP contribution < -0.4 is 14.8 Å². The highest BCUT2D eigenvalue weighted by Crippen LogP contribution is 2.18. The Kier molecular flexibility index (Phi) is 5.96. The number of hydrogen-bond acceptors (Lipinski definition) is 4. The normalized spacial score (nSPS) is 14.5. The van der Waals surface area contributed by atoms with E-state index in [4.69, 9.17) is 9.47 Å². The molecule has 142 valence electrons. The minimum atomic E-state index is -0.119. The first-order valence-electron chi connectivity index (χ1n) is 8.99. The van der Waals surface area contributed by atoms with Gasteiger partial charge in [-0.25, -0.2) is 0 Å². The van der Waals surface area contributed by atoms with E-state index in [0.29, 0.717) is 35.7 Å². The fourth-order valence-corrected chi connectivity index (χ4v) is 3.20. The standard InChI is InChI=1S/C21H24N2O4/c1-26-18-7-3-5-15(13-18)20(24)22-17-9-11-23(12-10-17)21(25)16-6-4-8-19(14-16)27-2/h3-8,13-14,17H,9-12H2,1-2H3,(H,22,24). The van der Waals surface area contributed by atoms with E-state index < -0.39 is 0 Å². The maximum absolute atomic E-state index is 12.7. The lowest BCUT2D eigenvalue weighted by Gasteiger charge is -2.32. The van der Waals surface area contributed by atoms with Crippen LogP contribution in [0.25, 0.3) is 0 Å². The predicted molar refractivity (Wildman–Crippen MR) is 102 cm³/mol. The summed E-state index contributed by atoms with van der Waals surface area (Å²) >= 11 is 0. The number of benzene rings is 2. The van der Waals surface area contributed by atoms with Crippen LogP contribution in [0.3, 0.4) is 0 Å². The van der Waals surface area contributed by atoms with Crippen molar-refractivity contribution in [2.45, 2.75) is 18.9 Å². The molecule has 6 heteroatoms. The molecule has 0 saturated carbocycles. The summed E-state index contributed by atoms with van der Waals surface area (Å²) in [7, 11) is 3.16. The average molecular weight is 368 g/mol. The highest BCUT2D eigenvalue weighted by Gasteiger charge is 2.25. The number of nitrogens with one attached hydrogen (secondary N) is 1. The van der Waals surface area contributed by atoms with Crippen molar-refractivity contribution >= 4 is 11.8 Å². The van der Waals surface area contributed by atoms with Gasteiger partial charge in [-0.3, -0.25) is 9.59 Å². The Morgan fingerprint density at radius 2 is 1.48 bits per heavy atom. The molecule has 1 aliphatic heterocycles. The molecule has 2 aromatic carbocycles. The highest BCUT2D eigenvalue weighted by atomic mass is 16.5. The number of likely N-dealkylation sites (tertiary alicyclic amines) is 1. The zero-order valence-electron chi connectivity index (χ0n) is 15.6. The second kappa shape index (κ2) is 8.58. The average Bonchev–Trinajstić information content (AvgIpc) is 2.73. The number of ether oxygens (including phenoxy) is 2. The number of carbonyl (C=O) groups is 2. The summed E-state index contributed by atoms with van der Waals surface area (Å²) in [4.78, 5) is 26.9. The van der Waals surface area contributed by atoms with Gasteiger partial charge in [-0.2, -0.15) is 0 Å². The SMILES string of the molecule is COc1cccc(C(=O)NC2CCN(C(=O)c3cccc(OC)c3)CC2)c1. The molecule has 6 nitrogen and oxygen atoms in total. The van der Waals surface area contributed by atoms with Crippen LogP contribution in [-0.2, 0) is 0 Å². The zero-order valence-corrected chi connectivity index (χ0v) is 15.6. The van der Waals surface area contributed by atoms with Gasteiger partial charge in [-0.15, -0.1) is 0 Å². The summed E-state index contributed by atoms with van der Waals surface area (Å²) in [5.74, 6) is 1.19. The molecule has 1 fully saturated rings. The number of nitrogens with zero attached hydrogens (tertiary/aromatic N) is 1. The van der Waals surface area contributed by atoms with E-state index in [-0.39, 0.29) is 17.9 Å². The van der Waals surface area contributed by atoms with E-state index in [1.807, 2.05) is 17.0 Å². The van der Waals surface area contributed by atoms with Gasteiger partial charge in [-0.05, 0) is 49.2 Å². The topological polar surface area (TPSA) is 67.9 Å². The monoisotopic (exact) mass is 368 g/mol. The van der Waals surface area contributed by atoms with Gasteiger partial charge in [0.15, 0.2) is 0 Å². The van der Waals surface area contributed by atoms with Crippen molar-refractivity contribution in [3.8, 4) is 11.5 Å². The number of piperidine rings is 1. The fraction of sp³-hybridized carbons (Fsp3) is 0.333. The molecular weight excluding hydrogens is 344 g/mol. The predicted octanol–water partition coefficient (Wildman–Crippen LogP) is 2.74. The summed E-state index contributed by atoms with van der Waals surface area (Å²) in [5, 5.41) is 3.05. The first-order valence-corrected chi connectivity index (χ1v) is 8.99. The summed E-state index contributed by atoms with van der Waals surface area (Å²) in [6, 6.07) is 14.3. The fourth-order valence-electron chi connectivity index (χ4n) is 3.20. The smallest absolute Gasteiger partial charge is 0.253 e. The number of amides is 2. The minimum Gasteiger partial charge on any atom is -0.497 e. The third-order valence-corrected chi connectivity index (χ3v) is 4.77. The molecule has 0 spiro atoms. The molecule has 0 unspecified atom stereocenters. The zero-order chi connectivity index (χ0) is 19.2. The molecule has 0 atom stereocenters. The van der Waals surface area contributed by atoms with E-state index in [2.05, 4.69) is 5.32 Å². The van der Waals surface area contributed by atoms with E-state index in [0.717, 1.165) is 12.8 Å². The van der Waals surface area contributed by atoms with Crippen molar-refractivity contribution in [1.82, 2.24) is 10.2 Å².